The Balaban J connectivity index is 3.75. The van der Waals surface area contributed by atoms with Crippen molar-refractivity contribution in [2.75, 3.05) is 19.8 Å². The Morgan fingerprint density at radius 1 is 1.00 bits per heavy atom. The Morgan fingerprint density at radius 2 is 1.54 bits per heavy atom. The monoisotopic (exact) mass is 208 g/mol. The highest BCUT2D eigenvalue weighted by atomic mass is 19.4. The van der Waals surface area contributed by atoms with E-state index in [2.05, 4.69) is 9.47 Å². The van der Waals surface area contributed by atoms with E-state index in [1.807, 2.05) is 0 Å². The molecule has 0 bridgehead atoms. The molecule has 0 amide bonds. The summed E-state index contributed by atoms with van der Waals surface area (Å²) >= 11 is 0. The van der Waals surface area contributed by atoms with E-state index in [1.54, 1.807) is 0 Å². The molecule has 0 fully saturated rings. The second-order valence-corrected chi connectivity index (χ2v) is 2.18. The molecule has 7 heteroatoms. The number of alkyl halides is 5. The quantitative estimate of drug-likeness (QED) is 0.645. The maximum absolute atomic E-state index is 12.3. The van der Waals surface area contributed by atoms with Gasteiger partial charge in [-0.15, -0.1) is 0 Å². The summed E-state index contributed by atoms with van der Waals surface area (Å²) in [5, 5.41) is 0. The van der Waals surface area contributed by atoms with Crippen molar-refractivity contribution in [3.05, 3.63) is 0 Å². The van der Waals surface area contributed by atoms with Gasteiger partial charge in [-0.2, -0.15) is 22.0 Å². The maximum atomic E-state index is 12.3. The summed E-state index contributed by atoms with van der Waals surface area (Å²) in [6, 6.07) is 0. The van der Waals surface area contributed by atoms with E-state index in [4.69, 9.17) is 0 Å². The van der Waals surface area contributed by atoms with Crippen LogP contribution >= 0.6 is 0 Å². The molecule has 0 heterocycles. The van der Waals surface area contributed by atoms with E-state index >= 15 is 0 Å². The first kappa shape index (κ1) is 12.6. The molecule has 0 aromatic rings. The summed E-state index contributed by atoms with van der Waals surface area (Å²) in [7, 11) is 0. The lowest BCUT2D eigenvalue weighted by atomic mass is 10.6. The minimum Gasteiger partial charge on any atom is -0.373 e. The molecule has 0 aliphatic heterocycles. The van der Waals surface area contributed by atoms with Crippen LogP contribution in [-0.4, -0.2) is 32.1 Å². The largest absolute Gasteiger partial charge is 0.412 e. The van der Waals surface area contributed by atoms with E-state index in [0.29, 0.717) is 0 Å². The number of hydrogen-bond acceptors (Lipinski definition) is 2. The maximum Gasteiger partial charge on any atom is 0.412 e. The summed E-state index contributed by atoms with van der Waals surface area (Å²) < 4.78 is 66.3. The van der Waals surface area contributed by atoms with Crippen molar-refractivity contribution in [3.8, 4) is 0 Å². The van der Waals surface area contributed by atoms with Gasteiger partial charge in [0.15, 0.2) is 0 Å². The van der Waals surface area contributed by atoms with E-state index in [-0.39, 0.29) is 6.61 Å². The van der Waals surface area contributed by atoms with Crippen LogP contribution in [0.15, 0.2) is 0 Å². The van der Waals surface area contributed by atoms with Crippen LogP contribution in [0.1, 0.15) is 6.92 Å². The van der Waals surface area contributed by atoms with Gasteiger partial charge in [-0.25, -0.2) is 0 Å². The minimum atomic E-state index is -4.75. The zero-order valence-electron chi connectivity index (χ0n) is 6.83. The lowest BCUT2D eigenvalue weighted by molar-refractivity contribution is -0.303. The van der Waals surface area contributed by atoms with Crippen molar-refractivity contribution in [2.24, 2.45) is 0 Å². The van der Waals surface area contributed by atoms with Crippen LogP contribution < -0.4 is 0 Å². The van der Waals surface area contributed by atoms with Gasteiger partial charge in [0.1, 0.15) is 13.2 Å². The Bertz CT molecular complexity index is 144. The molecule has 0 radical (unpaired) electrons. The highest BCUT2D eigenvalue weighted by molar-refractivity contribution is 4.54. The lowest BCUT2D eigenvalue weighted by Gasteiger charge is -2.17. The second-order valence-electron chi connectivity index (χ2n) is 2.18. The van der Waals surface area contributed by atoms with Crippen molar-refractivity contribution >= 4 is 0 Å². The molecule has 0 aliphatic rings. The van der Waals surface area contributed by atoms with Crippen molar-refractivity contribution < 1.29 is 31.4 Å². The molecular formula is C6H9F5O2. The smallest absolute Gasteiger partial charge is 0.373 e. The van der Waals surface area contributed by atoms with Crippen LogP contribution in [0.5, 0.6) is 0 Å². The molecular weight excluding hydrogens is 199 g/mol. The normalized spacial score (nSPS) is 13.4. The van der Waals surface area contributed by atoms with Crippen LogP contribution in [-0.2, 0) is 9.47 Å². The third-order valence-corrected chi connectivity index (χ3v) is 0.921. The Labute approximate surface area is 71.6 Å². The number of halogens is 5. The van der Waals surface area contributed by atoms with E-state index in [0.717, 1.165) is 0 Å². The van der Waals surface area contributed by atoms with E-state index in [1.165, 1.54) is 6.92 Å². The van der Waals surface area contributed by atoms with Crippen LogP contribution in [0.25, 0.3) is 0 Å². The summed E-state index contributed by atoms with van der Waals surface area (Å²) in [6.07, 6.45) is -8.64. The zero-order chi connectivity index (χ0) is 10.5. The van der Waals surface area contributed by atoms with E-state index in [9.17, 15) is 22.0 Å². The van der Waals surface area contributed by atoms with Gasteiger partial charge in [0.25, 0.3) is 0 Å². The Kier molecular flexibility index (Phi) is 4.55. The predicted octanol–water partition coefficient (Wildman–Crippen LogP) is 2.19. The summed E-state index contributed by atoms with van der Waals surface area (Å²) in [5.41, 5.74) is 0. The highest BCUT2D eigenvalue weighted by Gasteiger charge is 2.37. The van der Waals surface area contributed by atoms with Gasteiger partial charge >= 0.3 is 12.3 Å². The van der Waals surface area contributed by atoms with Gasteiger partial charge in [-0.05, 0) is 6.92 Å². The topological polar surface area (TPSA) is 18.5 Å². The molecule has 0 unspecified atom stereocenters. The van der Waals surface area contributed by atoms with Gasteiger partial charge in [0.2, 0.25) is 0 Å². The fourth-order valence-corrected chi connectivity index (χ4v) is 0.450. The molecule has 0 N–H and O–H groups in total. The van der Waals surface area contributed by atoms with Gasteiger partial charge in [-0.1, -0.05) is 0 Å². The first-order valence-electron chi connectivity index (χ1n) is 3.43. The number of ether oxygens (including phenoxy) is 2. The Hall–Kier alpha value is -0.430. The van der Waals surface area contributed by atoms with Crippen molar-refractivity contribution in [1.82, 2.24) is 0 Å². The number of rotatable bonds is 5. The molecule has 0 aromatic heterocycles. The first-order valence-corrected chi connectivity index (χ1v) is 3.43. The number of hydrogen-bond donors (Lipinski definition) is 0. The SMILES string of the molecule is CCOCC(F)(F)OCC(F)(F)F. The molecule has 0 saturated carbocycles. The summed E-state index contributed by atoms with van der Waals surface area (Å²) in [5.74, 6) is 0. The molecule has 0 atom stereocenters. The average Bonchev–Trinajstić information content (AvgIpc) is 1.97. The van der Waals surface area contributed by atoms with E-state index < -0.39 is 25.5 Å². The van der Waals surface area contributed by atoms with Crippen LogP contribution in [0.3, 0.4) is 0 Å². The molecule has 0 rings (SSSR count). The molecule has 80 valence electrons. The molecule has 0 spiro atoms. The first-order chi connectivity index (χ1) is 5.77. The Morgan fingerprint density at radius 3 is 1.92 bits per heavy atom. The zero-order valence-corrected chi connectivity index (χ0v) is 6.83. The fraction of sp³-hybridized carbons (Fsp3) is 1.00. The van der Waals surface area contributed by atoms with Gasteiger partial charge in [-0.3, -0.25) is 0 Å². The average molecular weight is 208 g/mol. The third-order valence-electron chi connectivity index (χ3n) is 0.921. The standard InChI is InChI=1S/C6H9F5O2/c1-2-12-4-6(10,11)13-3-5(7,8)9/h2-4H2,1H3. The van der Waals surface area contributed by atoms with Gasteiger partial charge in [0.05, 0.1) is 0 Å². The molecule has 13 heavy (non-hydrogen) atoms. The van der Waals surface area contributed by atoms with Crippen molar-refractivity contribution in [1.29, 1.82) is 0 Å². The molecule has 0 aliphatic carbocycles. The van der Waals surface area contributed by atoms with Crippen molar-refractivity contribution in [2.45, 2.75) is 19.2 Å². The fourth-order valence-electron chi connectivity index (χ4n) is 0.450. The summed E-state index contributed by atoms with van der Waals surface area (Å²) in [6.45, 7) is -1.71. The predicted molar refractivity (Wildman–Crippen MR) is 33.4 cm³/mol. The highest BCUT2D eigenvalue weighted by Crippen LogP contribution is 2.22. The third kappa shape index (κ3) is 7.92. The van der Waals surface area contributed by atoms with Crippen molar-refractivity contribution in [3.63, 3.8) is 0 Å². The van der Waals surface area contributed by atoms with Crippen LogP contribution in [0.2, 0.25) is 0 Å². The van der Waals surface area contributed by atoms with Crippen LogP contribution in [0.4, 0.5) is 22.0 Å². The second kappa shape index (κ2) is 4.71. The summed E-state index contributed by atoms with van der Waals surface area (Å²) in [4.78, 5) is 0. The molecule has 2 nitrogen and oxygen atoms in total. The molecule has 0 saturated heterocycles. The van der Waals surface area contributed by atoms with Crippen LogP contribution in [0, 0.1) is 0 Å². The lowest BCUT2D eigenvalue weighted by Crippen LogP contribution is -2.32. The van der Waals surface area contributed by atoms with Gasteiger partial charge in [0, 0.05) is 6.61 Å². The molecule has 0 aromatic carbocycles. The van der Waals surface area contributed by atoms with Gasteiger partial charge < -0.3 is 9.47 Å². The minimum absolute atomic E-state index is 0.00896.